The van der Waals surface area contributed by atoms with Gasteiger partial charge in [0.1, 0.15) is 23.9 Å². The Morgan fingerprint density at radius 1 is 0.865 bits per heavy atom. The summed E-state index contributed by atoms with van der Waals surface area (Å²) in [5.41, 5.74) is 6.50. The minimum Gasteiger partial charge on any atom is -0.508 e. The van der Waals surface area contributed by atoms with E-state index in [1.165, 1.54) is 27.9 Å². The molecule has 1 atom stereocenters. The zero-order valence-corrected chi connectivity index (χ0v) is 22.9. The predicted molar refractivity (Wildman–Crippen MR) is 152 cm³/mol. The Hall–Kier alpha value is -3.18. The molecule has 0 bridgehead atoms. The largest absolute Gasteiger partial charge is 0.508 e. The molecule has 0 aliphatic heterocycles. The maximum Gasteiger partial charge on any atom is 0.120 e. The Morgan fingerprint density at radius 2 is 1.62 bits per heavy atom. The van der Waals surface area contributed by atoms with Gasteiger partial charge in [-0.2, -0.15) is 0 Å². The zero-order chi connectivity index (χ0) is 26.2. The van der Waals surface area contributed by atoms with Gasteiger partial charge in [0.15, 0.2) is 0 Å². The first-order chi connectivity index (χ1) is 18.0. The number of hydrogen-bond acceptors (Lipinski definition) is 5. The zero-order valence-electron chi connectivity index (χ0n) is 22.9. The highest BCUT2D eigenvalue weighted by Gasteiger charge is 2.24. The van der Waals surface area contributed by atoms with E-state index in [0.29, 0.717) is 18.3 Å². The highest BCUT2D eigenvalue weighted by atomic mass is 16.5. The second-order valence-corrected chi connectivity index (χ2v) is 9.85. The van der Waals surface area contributed by atoms with Crippen LogP contribution >= 0.6 is 0 Å². The number of likely N-dealkylation sites (N-methyl/N-ethyl adjacent to an activating group) is 1. The number of rotatable bonds is 12. The Morgan fingerprint density at radius 3 is 2.32 bits per heavy atom. The SMILES string of the molecule is CCN(CC)CCOc1ccc(CN(CC)c2cc(OC)ccc2[C@@H]2CCc3cc(O)ccc3C2)cc1. The molecule has 0 aromatic heterocycles. The molecule has 0 radical (unpaired) electrons. The molecule has 3 aromatic carbocycles. The van der Waals surface area contributed by atoms with Gasteiger partial charge >= 0.3 is 0 Å². The number of nitrogens with zero attached hydrogens (tertiary/aromatic N) is 2. The second-order valence-electron chi connectivity index (χ2n) is 9.85. The maximum absolute atomic E-state index is 9.89. The molecule has 1 aliphatic carbocycles. The fourth-order valence-electron chi connectivity index (χ4n) is 5.39. The molecule has 1 aliphatic rings. The van der Waals surface area contributed by atoms with Crippen molar-refractivity contribution in [3.05, 3.63) is 82.9 Å². The van der Waals surface area contributed by atoms with Crippen LogP contribution in [0, 0.1) is 0 Å². The predicted octanol–water partition coefficient (Wildman–Crippen LogP) is 6.42. The van der Waals surface area contributed by atoms with E-state index in [9.17, 15) is 5.11 Å². The molecular formula is C32H42N2O3. The lowest BCUT2D eigenvalue weighted by Gasteiger charge is -2.32. The fraction of sp³-hybridized carbons (Fsp3) is 0.438. The van der Waals surface area contributed by atoms with Crippen molar-refractivity contribution in [2.45, 2.75) is 52.5 Å². The smallest absolute Gasteiger partial charge is 0.120 e. The Labute approximate surface area is 222 Å². The molecule has 0 amide bonds. The maximum atomic E-state index is 9.89. The molecule has 4 rings (SSSR count). The first-order valence-electron chi connectivity index (χ1n) is 13.7. The van der Waals surface area contributed by atoms with E-state index in [1.54, 1.807) is 7.11 Å². The van der Waals surface area contributed by atoms with Gasteiger partial charge in [-0.3, -0.25) is 0 Å². The van der Waals surface area contributed by atoms with Crippen LogP contribution in [0.3, 0.4) is 0 Å². The molecular weight excluding hydrogens is 460 g/mol. The van der Waals surface area contributed by atoms with E-state index < -0.39 is 0 Å². The molecule has 1 N–H and O–H groups in total. The third-order valence-electron chi connectivity index (χ3n) is 7.69. The van der Waals surface area contributed by atoms with Crippen LogP contribution in [-0.2, 0) is 19.4 Å². The molecule has 3 aromatic rings. The molecule has 0 saturated heterocycles. The Kier molecular flexibility index (Phi) is 9.34. The summed E-state index contributed by atoms with van der Waals surface area (Å²) < 4.78 is 11.6. The highest BCUT2D eigenvalue weighted by molar-refractivity contribution is 5.60. The average molecular weight is 503 g/mol. The minimum absolute atomic E-state index is 0.361. The van der Waals surface area contributed by atoms with Gasteiger partial charge < -0.3 is 24.4 Å². The fourth-order valence-corrected chi connectivity index (χ4v) is 5.39. The molecule has 0 heterocycles. The van der Waals surface area contributed by atoms with Gasteiger partial charge in [-0.25, -0.2) is 0 Å². The summed E-state index contributed by atoms with van der Waals surface area (Å²) in [6.07, 6.45) is 3.06. The van der Waals surface area contributed by atoms with Gasteiger partial charge in [0.25, 0.3) is 0 Å². The number of anilines is 1. The summed E-state index contributed by atoms with van der Waals surface area (Å²) in [6.45, 7) is 12.1. The van der Waals surface area contributed by atoms with Crippen molar-refractivity contribution >= 4 is 5.69 Å². The van der Waals surface area contributed by atoms with E-state index in [4.69, 9.17) is 9.47 Å². The molecule has 0 unspecified atom stereocenters. The number of ether oxygens (including phenoxy) is 2. The Bertz CT molecular complexity index is 1140. The summed E-state index contributed by atoms with van der Waals surface area (Å²) in [5.74, 6) is 2.61. The molecule has 0 spiro atoms. The number of phenolic OH excluding ortho intramolecular Hbond substituents is 1. The standard InChI is InChI=1S/C32H42N2O3/c1-5-33(6-2)18-19-37-29-14-8-24(9-15-29)23-34(7-3)32-22-30(36-4)16-17-31(32)27-11-10-26-21-28(35)13-12-25(26)20-27/h8-9,12-17,21-22,27,35H,5-7,10-11,18-20,23H2,1-4H3/t27-/m1/s1. The van der Waals surface area contributed by atoms with E-state index in [1.807, 2.05) is 12.1 Å². The van der Waals surface area contributed by atoms with Crippen LogP contribution in [0.2, 0.25) is 0 Å². The third-order valence-corrected chi connectivity index (χ3v) is 7.69. The highest BCUT2D eigenvalue weighted by Crippen LogP contribution is 2.40. The van der Waals surface area contributed by atoms with Crippen molar-refractivity contribution in [3.63, 3.8) is 0 Å². The molecule has 37 heavy (non-hydrogen) atoms. The van der Waals surface area contributed by atoms with Crippen molar-refractivity contribution in [2.75, 3.05) is 44.8 Å². The molecule has 198 valence electrons. The second kappa shape index (κ2) is 12.9. The van der Waals surface area contributed by atoms with Crippen LogP contribution in [0.5, 0.6) is 17.2 Å². The normalized spacial score (nSPS) is 14.9. The lowest BCUT2D eigenvalue weighted by atomic mass is 9.79. The number of phenols is 1. The topological polar surface area (TPSA) is 45.2 Å². The lowest BCUT2D eigenvalue weighted by molar-refractivity contribution is 0.223. The summed E-state index contributed by atoms with van der Waals surface area (Å²) in [6, 6.07) is 20.9. The quantitative estimate of drug-likeness (QED) is 0.310. The first kappa shape index (κ1) is 26.9. The van der Waals surface area contributed by atoms with E-state index >= 15 is 0 Å². The van der Waals surface area contributed by atoms with Crippen molar-refractivity contribution < 1.29 is 14.6 Å². The van der Waals surface area contributed by atoms with Crippen LogP contribution in [0.15, 0.2) is 60.7 Å². The lowest BCUT2D eigenvalue weighted by Crippen LogP contribution is -2.27. The van der Waals surface area contributed by atoms with Gasteiger partial charge in [0.2, 0.25) is 0 Å². The molecule has 0 fully saturated rings. The molecule has 0 saturated carbocycles. The van der Waals surface area contributed by atoms with Gasteiger partial charge in [-0.05, 0) is 97.8 Å². The summed E-state index contributed by atoms with van der Waals surface area (Å²) >= 11 is 0. The summed E-state index contributed by atoms with van der Waals surface area (Å²) in [7, 11) is 1.73. The van der Waals surface area contributed by atoms with E-state index in [0.717, 1.165) is 63.5 Å². The van der Waals surface area contributed by atoms with Gasteiger partial charge in [-0.15, -0.1) is 0 Å². The van der Waals surface area contributed by atoms with Crippen LogP contribution in [0.25, 0.3) is 0 Å². The average Bonchev–Trinajstić information content (AvgIpc) is 2.94. The number of methoxy groups -OCH3 is 1. The number of aromatic hydroxyl groups is 1. The van der Waals surface area contributed by atoms with E-state index in [2.05, 4.69) is 79.1 Å². The van der Waals surface area contributed by atoms with Crippen molar-refractivity contribution in [3.8, 4) is 17.2 Å². The van der Waals surface area contributed by atoms with E-state index in [-0.39, 0.29) is 0 Å². The van der Waals surface area contributed by atoms with Gasteiger partial charge in [-0.1, -0.05) is 38.1 Å². The number of benzene rings is 3. The van der Waals surface area contributed by atoms with Crippen molar-refractivity contribution in [1.29, 1.82) is 0 Å². The minimum atomic E-state index is 0.361. The van der Waals surface area contributed by atoms with Crippen molar-refractivity contribution in [2.24, 2.45) is 0 Å². The van der Waals surface area contributed by atoms with Crippen LogP contribution in [0.4, 0.5) is 5.69 Å². The van der Waals surface area contributed by atoms with Crippen LogP contribution in [0.1, 0.15) is 55.4 Å². The van der Waals surface area contributed by atoms with Gasteiger partial charge in [0, 0.05) is 31.4 Å². The number of fused-ring (bicyclic) bond motifs is 1. The van der Waals surface area contributed by atoms with Crippen molar-refractivity contribution in [1.82, 2.24) is 4.90 Å². The number of aryl methyl sites for hydroxylation is 1. The van der Waals surface area contributed by atoms with Crippen LogP contribution < -0.4 is 14.4 Å². The van der Waals surface area contributed by atoms with Crippen LogP contribution in [-0.4, -0.2) is 49.9 Å². The molecule has 5 heteroatoms. The first-order valence-corrected chi connectivity index (χ1v) is 13.7. The third kappa shape index (κ3) is 6.78. The summed E-state index contributed by atoms with van der Waals surface area (Å²) in [4.78, 5) is 4.81. The summed E-state index contributed by atoms with van der Waals surface area (Å²) in [5, 5.41) is 9.89. The number of hydrogen-bond donors (Lipinski definition) is 1. The van der Waals surface area contributed by atoms with Gasteiger partial charge in [0.05, 0.1) is 7.11 Å². The Balaban J connectivity index is 1.49. The monoisotopic (exact) mass is 502 g/mol. The molecule has 5 nitrogen and oxygen atoms in total.